The first kappa shape index (κ1) is 20.2. The van der Waals surface area contributed by atoms with E-state index in [1.807, 2.05) is 36.9 Å². The highest BCUT2D eigenvalue weighted by Gasteiger charge is 2.45. The lowest BCUT2D eigenvalue weighted by atomic mass is 9.76. The van der Waals surface area contributed by atoms with Crippen molar-refractivity contribution in [2.24, 2.45) is 0 Å². The zero-order valence-corrected chi connectivity index (χ0v) is 18.4. The fraction of sp³-hybridized carbons (Fsp3) is 0.542. The standard InChI is InChI=1S/C24H30N4O3/c1-16-3-4-17(2)19(15-16)22(30)27-9-7-24(8-10-27)6-5-18-20(24)25-23(26-21(18)29)28-11-13-31-14-12-28/h3-4,15H,5-14H2,1-2H3,(H,25,26,29). The molecule has 7 nitrogen and oxygen atoms in total. The number of likely N-dealkylation sites (tertiary alicyclic amines) is 1. The molecule has 3 heterocycles. The normalized spacial score (nSPS) is 20.2. The Morgan fingerprint density at radius 3 is 2.58 bits per heavy atom. The minimum Gasteiger partial charge on any atom is -0.378 e. The molecule has 1 amide bonds. The Labute approximate surface area is 182 Å². The molecule has 1 spiro atoms. The van der Waals surface area contributed by atoms with E-state index < -0.39 is 0 Å². The zero-order valence-electron chi connectivity index (χ0n) is 18.4. The third kappa shape index (κ3) is 3.55. The lowest BCUT2D eigenvalue weighted by Crippen LogP contribution is -2.45. The second kappa shape index (κ2) is 7.79. The van der Waals surface area contributed by atoms with E-state index in [-0.39, 0.29) is 16.9 Å². The molecule has 5 rings (SSSR count). The average molecular weight is 423 g/mol. The molecule has 0 bridgehead atoms. The van der Waals surface area contributed by atoms with Crippen molar-refractivity contribution in [2.75, 3.05) is 44.3 Å². The molecular weight excluding hydrogens is 392 g/mol. The van der Waals surface area contributed by atoms with Crippen LogP contribution in [0.2, 0.25) is 0 Å². The first-order valence-corrected chi connectivity index (χ1v) is 11.3. The van der Waals surface area contributed by atoms with Crippen LogP contribution in [0.15, 0.2) is 23.0 Å². The Bertz CT molecular complexity index is 1060. The molecule has 0 saturated carbocycles. The number of nitrogens with zero attached hydrogens (tertiary/aromatic N) is 3. The van der Waals surface area contributed by atoms with Crippen LogP contribution in [0, 0.1) is 13.8 Å². The number of ether oxygens (including phenoxy) is 1. The number of aryl methyl sites for hydroxylation is 2. The summed E-state index contributed by atoms with van der Waals surface area (Å²) in [7, 11) is 0. The largest absolute Gasteiger partial charge is 0.378 e. The zero-order chi connectivity index (χ0) is 21.6. The summed E-state index contributed by atoms with van der Waals surface area (Å²) in [6, 6.07) is 6.05. The Morgan fingerprint density at radius 2 is 1.84 bits per heavy atom. The van der Waals surface area contributed by atoms with Crippen LogP contribution in [0.3, 0.4) is 0 Å². The minimum absolute atomic E-state index is 0.00254. The highest BCUT2D eigenvalue weighted by atomic mass is 16.5. The van der Waals surface area contributed by atoms with Crippen molar-refractivity contribution in [2.45, 2.75) is 44.9 Å². The number of hydrogen-bond donors (Lipinski definition) is 1. The Balaban J connectivity index is 1.38. The van der Waals surface area contributed by atoms with Crippen LogP contribution in [0.5, 0.6) is 0 Å². The molecule has 0 radical (unpaired) electrons. The number of aromatic amines is 1. The van der Waals surface area contributed by atoms with Gasteiger partial charge in [0.15, 0.2) is 0 Å². The van der Waals surface area contributed by atoms with Gasteiger partial charge in [0.2, 0.25) is 5.95 Å². The van der Waals surface area contributed by atoms with Gasteiger partial charge >= 0.3 is 0 Å². The quantitative estimate of drug-likeness (QED) is 0.804. The maximum absolute atomic E-state index is 13.2. The SMILES string of the molecule is Cc1ccc(C)c(C(=O)N2CCC3(CCc4c3nc(N3CCOCC3)[nH]c4=O)CC2)c1. The van der Waals surface area contributed by atoms with E-state index in [9.17, 15) is 9.59 Å². The number of fused-ring (bicyclic) bond motifs is 2. The van der Waals surface area contributed by atoms with E-state index in [0.29, 0.717) is 32.3 Å². The lowest BCUT2D eigenvalue weighted by Gasteiger charge is -2.40. The molecule has 0 atom stereocenters. The number of benzene rings is 1. The molecule has 1 aliphatic carbocycles. The van der Waals surface area contributed by atoms with E-state index in [2.05, 4.69) is 9.88 Å². The minimum atomic E-state index is -0.0942. The summed E-state index contributed by atoms with van der Waals surface area (Å²) in [5, 5.41) is 0. The molecule has 1 aromatic heterocycles. The van der Waals surface area contributed by atoms with Gasteiger partial charge in [0.25, 0.3) is 11.5 Å². The number of hydrogen-bond acceptors (Lipinski definition) is 5. The van der Waals surface area contributed by atoms with Gasteiger partial charge in [-0.05, 0) is 51.2 Å². The number of carbonyl (C=O) groups excluding carboxylic acids is 1. The number of carbonyl (C=O) groups is 1. The monoisotopic (exact) mass is 422 g/mol. The number of H-pyrrole nitrogens is 1. The first-order chi connectivity index (χ1) is 15.0. The van der Waals surface area contributed by atoms with Crippen LogP contribution >= 0.6 is 0 Å². The van der Waals surface area contributed by atoms with Gasteiger partial charge in [-0.1, -0.05) is 17.7 Å². The molecule has 2 aliphatic heterocycles. The predicted molar refractivity (Wildman–Crippen MR) is 119 cm³/mol. The molecule has 3 aliphatic rings. The summed E-state index contributed by atoms with van der Waals surface area (Å²) in [6.07, 6.45) is 3.42. The van der Waals surface area contributed by atoms with Gasteiger partial charge in [0.1, 0.15) is 0 Å². The van der Waals surface area contributed by atoms with Gasteiger partial charge < -0.3 is 14.5 Å². The summed E-state index contributed by atoms with van der Waals surface area (Å²) in [5.74, 6) is 0.782. The van der Waals surface area contributed by atoms with Crippen LogP contribution in [0.4, 0.5) is 5.95 Å². The van der Waals surface area contributed by atoms with Gasteiger partial charge in [-0.2, -0.15) is 0 Å². The summed E-state index contributed by atoms with van der Waals surface area (Å²) < 4.78 is 5.44. The molecule has 2 fully saturated rings. The van der Waals surface area contributed by atoms with Crippen molar-refractivity contribution >= 4 is 11.9 Å². The lowest BCUT2D eigenvalue weighted by molar-refractivity contribution is 0.0662. The predicted octanol–water partition coefficient (Wildman–Crippen LogP) is 2.34. The van der Waals surface area contributed by atoms with Crippen molar-refractivity contribution in [1.82, 2.24) is 14.9 Å². The summed E-state index contributed by atoms with van der Waals surface area (Å²) >= 11 is 0. The number of nitrogens with one attached hydrogen (secondary N) is 1. The van der Waals surface area contributed by atoms with Gasteiger partial charge in [-0.15, -0.1) is 0 Å². The molecule has 0 unspecified atom stereocenters. The van der Waals surface area contributed by atoms with Crippen molar-refractivity contribution in [3.05, 3.63) is 56.5 Å². The van der Waals surface area contributed by atoms with Gasteiger partial charge in [-0.3, -0.25) is 14.6 Å². The highest BCUT2D eigenvalue weighted by Crippen LogP contribution is 2.44. The van der Waals surface area contributed by atoms with Crippen molar-refractivity contribution in [3.8, 4) is 0 Å². The fourth-order valence-electron chi connectivity index (χ4n) is 5.33. The molecule has 1 aromatic carbocycles. The van der Waals surface area contributed by atoms with Crippen LogP contribution in [0.25, 0.3) is 0 Å². The molecule has 7 heteroatoms. The maximum atomic E-state index is 13.2. The van der Waals surface area contributed by atoms with Crippen molar-refractivity contribution < 1.29 is 9.53 Å². The van der Waals surface area contributed by atoms with E-state index in [0.717, 1.165) is 66.7 Å². The van der Waals surface area contributed by atoms with Gasteiger partial charge in [0.05, 0.1) is 18.9 Å². The fourth-order valence-corrected chi connectivity index (χ4v) is 5.33. The third-order valence-electron chi connectivity index (χ3n) is 7.30. The number of morpholine rings is 1. The van der Waals surface area contributed by atoms with Crippen LogP contribution in [-0.4, -0.2) is 60.2 Å². The Hall–Kier alpha value is -2.67. The van der Waals surface area contributed by atoms with Crippen molar-refractivity contribution in [1.29, 1.82) is 0 Å². The second-order valence-corrected chi connectivity index (χ2v) is 9.21. The molecule has 2 saturated heterocycles. The maximum Gasteiger partial charge on any atom is 0.255 e. The number of piperidine rings is 1. The molecule has 31 heavy (non-hydrogen) atoms. The highest BCUT2D eigenvalue weighted by molar-refractivity contribution is 5.96. The number of rotatable bonds is 2. The van der Waals surface area contributed by atoms with E-state index in [4.69, 9.17) is 9.72 Å². The molecular formula is C24H30N4O3. The van der Waals surface area contributed by atoms with E-state index in [1.54, 1.807) is 0 Å². The van der Waals surface area contributed by atoms with Crippen LogP contribution < -0.4 is 10.5 Å². The second-order valence-electron chi connectivity index (χ2n) is 9.21. The van der Waals surface area contributed by atoms with Crippen molar-refractivity contribution in [3.63, 3.8) is 0 Å². The van der Waals surface area contributed by atoms with E-state index >= 15 is 0 Å². The molecule has 1 N–H and O–H groups in total. The summed E-state index contributed by atoms with van der Waals surface area (Å²) in [4.78, 5) is 38.0. The smallest absolute Gasteiger partial charge is 0.255 e. The Morgan fingerprint density at radius 1 is 1.10 bits per heavy atom. The topological polar surface area (TPSA) is 78.5 Å². The molecule has 2 aromatic rings. The third-order valence-corrected chi connectivity index (χ3v) is 7.30. The first-order valence-electron chi connectivity index (χ1n) is 11.3. The van der Waals surface area contributed by atoms with Gasteiger partial charge in [0, 0.05) is 42.7 Å². The summed E-state index contributed by atoms with van der Waals surface area (Å²) in [6.45, 7) is 8.21. The number of amides is 1. The van der Waals surface area contributed by atoms with Crippen LogP contribution in [-0.2, 0) is 16.6 Å². The van der Waals surface area contributed by atoms with Gasteiger partial charge in [-0.25, -0.2) is 4.98 Å². The summed E-state index contributed by atoms with van der Waals surface area (Å²) in [5.41, 5.74) is 4.63. The molecule has 164 valence electrons. The average Bonchev–Trinajstić information content (AvgIpc) is 3.14. The number of aromatic nitrogens is 2. The van der Waals surface area contributed by atoms with E-state index in [1.165, 1.54) is 0 Å². The number of anilines is 1. The Kier molecular flexibility index (Phi) is 5.08. The van der Waals surface area contributed by atoms with Crippen LogP contribution in [0.1, 0.15) is 52.0 Å².